The maximum atomic E-state index is 12.0. The van der Waals surface area contributed by atoms with Crippen molar-refractivity contribution in [3.63, 3.8) is 0 Å². The SMILES string of the molecule is Cc1ncsc1CNC(=O)CC(C)C1CCCNC1.Cl.Cl. The molecule has 0 aliphatic carbocycles. The van der Waals surface area contributed by atoms with Crippen LogP contribution in [0.5, 0.6) is 0 Å². The number of carbonyl (C=O) groups is 1. The number of carbonyl (C=O) groups excluding carboxylic acids is 1. The second kappa shape index (κ2) is 10.4. The van der Waals surface area contributed by atoms with Gasteiger partial charge in [0.1, 0.15) is 0 Å². The van der Waals surface area contributed by atoms with Crippen molar-refractivity contribution in [2.75, 3.05) is 13.1 Å². The molecule has 1 aromatic rings. The molecule has 2 atom stereocenters. The van der Waals surface area contributed by atoms with Gasteiger partial charge in [-0.3, -0.25) is 4.79 Å². The van der Waals surface area contributed by atoms with E-state index in [4.69, 9.17) is 0 Å². The zero-order chi connectivity index (χ0) is 13.7. The molecule has 0 spiro atoms. The van der Waals surface area contributed by atoms with E-state index in [1.807, 2.05) is 12.4 Å². The average Bonchev–Trinajstić information content (AvgIpc) is 2.83. The number of rotatable bonds is 5. The first kappa shape index (κ1) is 20.6. The summed E-state index contributed by atoms with van der Waals surface area (Å²) in [7, 11) is 0. The molecule has 2 rings (SSSR count). The number of aryl methyl sites for hydroxylation is 1. The van der Waals surface area contributed by atoms with Gasteiger partial charge in [0.05, 0.1) is 17.7 Å². The highest BCUT2D eigenvalue weighted by atomic mass is 35.5. The summed E-state index contributed by atoms with van der Waals surface area (Å²) in [5.74, 6) is 1.26. The van der Waals surface area contributed by atoms with Crippen molar-refractivity contribution in [2.24, 2.45) is 11.8 Å². The van der Waals surface area contributed by atoms with Crippen LogP contribution in [0.1, 0.15) is 36.8 Å². The maximum absolute atomic E-state index is 12.0. The lowest BCUT2D eigenvalue weighted by Gasteiger charge is -2.28. The van der Waals surface area contributed by atoms with Crippen molar-refractivity contribution >= 4 is 42.1 Å². The Labute approximate surface area is 143 Å². The summed E-state index contributed by atoms with van der Waals surface area (Å²) in [6, 6.07) is 0. The molecule has 2 N–H and O–H groups in total. The molecule has 0 saturated carbocycles. The second-order valence-corrected chi connectivity index (χ2v) is 6.36. The lowest BCUT2D eigenvalue weighted by atomic mass is 9.85. The molecule has 2 heterocycles. The number of piperidine rings is 1. The monoisotopic (exact) mass is 353 g/mol. The fourth-order valence-electron chi connectivity index (χ4n) is 2.57. The van der Waals surface area contributed by atoms with Crippen LogP contribution in [0.2, 0.25) is 0 Å². The van der Waals surface area contributed by atoms with Gasteiger partial charge in [-0.1, -0.05) is 6.92 Å². The first-order chi connectivity index (χ1) is 9.16. The molecule has 4 nitrogen and oxygen atoms in total. The molecule has 1 aliphatic heterocycles. The van der Waals surface area contributed by atoms with E-state index >= 15 is 0 Å². The van der Waals surface area contributed by atoms with Crippen molar-refractivity contribution in [3.05, 3.63) is 16.1 Å². The number of nitrogens with one attached hydrogen (secondary N) is 2. The van der Waals surface area contributed by atoms with Gasteiger partial charge in [0.25, 0.3) is 0 Å². The zero-order valence-corrected chi connectivity index (χ0v) is 15.0. The molecule has 1 saturated heterocycles. The Kier molecular flexibility index (Phi) is 10.2. The highest BCUT2D eigenvalue weighted by molar-refractivity contribution is 7.09. The molecule has 1 fully saturated rings. The van der Waals surface area contributed by atoms with E-state index in [1.165, 1.54) is 12.8 Å². The Balaban J connectivity index is 0.00000200. The van der Waals surface area contributed by atoms with Crippen LogP contribution < -0.4 is 10.6 Å². The van der Waals surface area contributed by atoms with Gasteiger partial charge in [-0.15, -0.1) is 36.2 Å². The predicted octanol–water partition coefficient (Wildman–Crippen LogP) is 2.94. The van der Waals surface area contributed by atoms with Crippen LogP contribution in [0.15, 0.2) is 5.51 Å². The van der Waals surface area contributed by atoms with Gasteiger partial charge >= 0.3 is 0 Å². The highest BCUT2D eigenvalue weighted by Gasteiger charge is 2.21. The topological polar surface area (TPSA) is 54.0 Å². The number of amides is 1. The van der Waals surface area contributed by atoms with Gasteiger partial charge in [0.2, 0.25) is 5.91 Å². The molecule has 0 aromatic carbocycles. The first-order valence-corrected chi connectivity index (χ1v) is 7.91. The Hall–Kier alpha value is -0.360. The quantitative estimate of drug-likeness (QED) is 0.855. The summed E-state index contributed by atoms with van der Waals surface area (Å²) in [6.45, 7) is 6.97. The number of halogens is 2. The van der Waals surface area contributed by atoms with E-state index in [0.29, 0.717) is 24.8 Å². The number of hydrogen-bond acceptors (Lipinski definition) is 4. The average molecular weight is 354 g/mol. The smallest absolute Gasteiger partial charge is 0.220 e. The van der Waals surface area contributed by atoms with E-state index in [1.54, 1.807) is 11.3 Å². The third kappa shape index (κ3) is 6.51. The molecule has 21 heavy (non-hydrogen) atoms. The molecular weight excluding hydrogens is 329 g/mol. The molecule has 122 valence electrons. The largest absolute Gasteiger partial charge is 0.351 e. The fraction of sp³-hybridized carbons (Fsp3) is 0.714. The summed E-state index contributed by atoms with van der Waals surface area (Å²) in [5.41, 5.74) is 2.85. The van der Waals surface area contributed by atoms with Crippen LogP contribution in [0, 0.1) is 18.8 Å². The minimum atomic E-state index is 0. The van der Waals surface area contributed by atoms with Crippen LogP contribution in [0.3, 0.4) is 0 Å². The number of hydrogen-bond donors (Lipinski definition) is 2. The highest BCUT2D eigenvalue weighted by Crippen LogP contribution is 2.22. The molecule has 1 amide bonds. The molecule has 2 unspecified atom stereocenters. The fourth-order valence-corrected chi connectivity index (χ4v) is 3.29. The van der Waals surface area contributed by atoms with Crippen LogP contribution >= 0.6 is 36.2 Å². The van der Waals surface area contributed by atoms with Crippen LogP contribution in [-0.4, -0.2) is 24.0 Å². The standard InChI is InChI=1S/C14H23N3OS.2ClH/c1-10(12-4-3-5-15-7-12)6-14(18)16-8-13-11(2)17-9-19-13;;/h9-10,12,15H,3-8H2,1-2H3,(H,16,18);2*1H. The van der Waals surface area contributed by atoms with Gasteiger partial charge in [-0.2, -0.15) is 0 Å². The molecule has 7 heteroatoms. The van der Waals surface area contributed by atoms with Crippen molar-refractivity contribution in [3.8, 4) is 0 Å². The van der Waals surface area contributed by atoms with Crippen molar-refractivity contribution in [1.82, 2.24) is 15.6 Å². The van der Waals surface area contributed by atoms with Gasteiger partial charge in [0, 0.05) is 11.3 Å². The third-order valence-corrected chi connectivity index (χ3v) is 4.87. The summed E-state index contributed by atoms with van der Waals surface area (Å²) >= 11 is 1.60. The number of aromatic nitrogens is 1. The van der Waals surface area contributed by atoms with E-state index in [0.717, 1.165) is 23.7 Å². The lowest BCUT2D eigenvalue weighted by Crippen LogP contribution is -2.35. The minimum Gasteiger partial charge on any atom is -0.351 e. The molecule has 0 radical (unpaired) electrons. The first-order valence-electron chi connectivity index (χ1n) is 7.03. The molecule has 0 bridgehead atoms. The Morgan fingerprint density at radius 2 is 2.33 bits per heavy atom. The van der Waals surface area contributed by atoms with E-state index in [9.17, 15) is 4.79 Å². The van der Waals surface area contributed by atoms with Crippen LogP contribution in [0.25, 0.3) is 0 Å². The molecular formula is C14H25Cl2N3OS. The van der Waals surface area contributed by atoms with Crippen molar-refractivity contribution in [1.29, 1.82) is 0 Å². The summed E-state index contributed by atoms with van der Waals surface area (Å²) in [6.07, 6.45) is 3.11. The Bertz CT molecular complexity index is 422. The Morgan fingerprint density at radius 3 is 2.90 bits per heavy atom. The van der Waals surface area contributed by atoms with Gasteiger partial charge in [-0.25, -0.2) is 4.98 Å². The molecule has 1 aliphatic rings. The van der Waals surface area contributed by atoms with Crippen molar-refractivity contribution in [2.45, 2.75) is 39.7 Å². The maximum Gasteiger partial charge on any atom is 0.220 e. The summed E-state index contributed by atoms with van der Waals surface area (Å²) in [5, 5.41) is 6.42. The minimum absolute atomic E-state index is 0. The summed E-state index contributed by atoms with van der Waals surface area (Å²) < 4.78 is 0. The number of nitrogens with zero attached hydrogens (tertiary/aromatic N) is 1. The normalized spacial score (nSPS) is 19.0. The van der Waals surface area contributed by atoms with E-state index in [2.05, 4.69) is 22.5 Å². The Morgan fingerprint density at radius 1 is 1.57 bits per heavy atom. The van der Waals surface area contributed by atoms with Gasteiger partial charge < -0.3 is 10.6 Å². The third-order valence-electron chi connectivity index (χ3n) is 3.94. The van der Waals surface area contributed by atoms with E-state index < -0.39 is 0 Å². The van der Waals surface area contributed by atoms with Crippen molar-refractivity contribution < 1.29 is 4.79 Å². The second-order valence-electron chi connectivity index (χ2n) is 5.43. The predicted molar refractivity (Wildman–Crippen MR) is 92.6 cm³/mol. The lowest BCUT2D eigenvalue weighted by molar-refractivity contribution is -0.122. The van der Waals surface area contributed by atoms with E-state index in [-0.39, 0.29) is 30.7 Å². The van der Waals surface area contributed by atoms with Gasteiger partial charge in [-0.05, 0) is 44.7 Å². The van der Waals surface area contributed by atoms with Gasteiger partial charge in [0.15, 0.2) is 0 Å². The number of thiazole rings is 1. The van der Waals surface area contributed by atoms with Crippen LogP contribution in [0.4, 0.5) is 0 Å². The summed E-state index contributed by atoms with van der Waals surface area (Å²) in [4.78, 5) is 17.3. The molecule has 1 aromatic heterocycles. The van der Waals surface area contributed by atoms with Crippen LogP contribution in [-0.2, 0) is 11.3 Å². The zero-order valence-electron chi connectivity index (χ0n) is 12.6.